The van der Waals surface area contributed by atoms with Crippen molar-refractivity contribution in [3.63, 3.8) is 0 Å². The quantitative estimate of drug-likeness (QED) is 0.796. The highest BCUT2D eigenvalue weighted by molar-refractivity contribution is 6.06. The van der Waals surface area contributed by atoms with Crippen LogP contribution in [0.1, 0.15) is 36.1 Å². The smallest absolute Gasteiger partial charge is 0.276 e. The second-order valence-corrected chi connectivity index (χ2v) is 6.87. The number of hydrogen-bond acceptors (Lipinski definition) is 7. The molecule has 4 heterocycles. The van der Waals surface area contributed by atoms with E-state index in [0.29, 0.717) is 50.0 Å². The summed E-state index contributed by atoms with van der Waals surface area (Å²) in [5, 5.41) is 1.64. The summed E-state index contributed by atoms with van der Waals surface area (Å²) >= 11 is 0. The van der Waals surface area contributed by atoms with Crippen molar-refractivity contribution in [2.24, 2.45) is 12.0 Å². The summed E-state index contributed by atoms with van der Waals surface area (Å²) in [6.07, 6.45) is 6.34. The maximum atomic E-state index is 13.1. The van der Waals surface area contributed by atoms with Crippen LogP contribution in [0, 0.1) is 0 Å². The van der Waals surface area contributed by atoms with E-state index in [2.05, 4.69) is 9.97 Å². The van der Waals surface area contributed by atoms with E-state index in [1.807, 2.05) is 33.2 Å². The molecule has 4 rings (SSSR count). The van der Waals surface area contributed by atoms with Crippen molar-refractivity contribution in [1.82, 2.24) is 19.6 Å². The number of aromatic nitrogens is 3. The number of amidine groups is 1. The summed E-state index contributed by atoms with van der Waals surface area (Å²) in [6, 6.07) is 3.68. The Morgan fingerprint density at radius 3 is 2.75 bits per heavy atom. The molecule has 1 saturated heterocycles. The van der Waals surface area contributed by atoms with Crippen molar-refractivity contribution in [2.45, 2.75) is 25.5 Å². The molecular formula is C19H24N6O3. The zero-order valence-electron chi connectivity index (χ0n) is 16.3. The Morgan fingerprint density at radius 2 is 2.07 bits per heavy atom. The molecule has 1 amide bonds. The van der Waals surface area contributed by atoms with E-state index in [0.717, 1.165) is 5.69 Å². The zero-order chi connectivity index (χ0) is 19.7. The number of ether oxygens (including phenoxy) is 1. The first-order valence-electron chi connectivity index (χ1n) is 9.39. The topological polar surface area (TPSA) is 85.1 Å². The van der Waals surface area contributed by atoms with E-state index >= 15 is 0 Å². The number of hydrogen-bond donors (Lipinski definition) is 0. The maximum Gasteiger partial charge on any atom is 0.276 e. The number of nitrogens with zero attached hydrogens (tertiary/aromatic N) is 6. The highest BCUT2D eigenvalue weighted by atomic mass is 16.7. The van der Waals surface area contributed by atoms with Gasteiger partial charge in [-0.25, -0.2) is 19.9 Å². The Hall–Kier alpha value is -2.78. The number of hydroxylamine groups is 2. The average molecular weight is 384 g/mol. The van der Waals surface area contributed by atoms with Gasteiger partial charge < -0.3 is 14.2 Å². The molecule has 28 heavy (non-hydrogen) atoms. The summed E-state index contributed by atoms with van der Waals surface area (Å²) in [7, 11) is 3.63. The monoisotopic (exact) mass is 384 g/mol. The number of rotatable bonds is 4. The summed E-state index contributed by atoms with van der Waals surface area (Å²) in [5.74, 6) is 1.07. The number of imidazole rings is 1. The van der Waals surface area contributed by atoms with Gasteiger partial charge in [-0.05, 0) is 19.1 Å². The molecule has 0 bridgehead atoms. The second-order valence-electron chi connectivity index (χ2n) is 6.87. The van der Waals surface area contributed by atoms with Gasteiger partial charge in [-0.3, -0.25) is 9.78 Å². The Balaban J connectivity index is 1.64. The normalized spacial score (nSPS) is 18.4. The third kappa shape index (κ3) is 3.16. The van der Waals surface area contributed by atoms with Crippen LogP contribution in [0.15, 0.2) is 35.7 Å². The van der Waals surface area contributed by atoms with Crippen LogP contribution in [-0.4, -0.2) is 63.9 Å². The van der Waals surface area contributed by atoms with Crippen LogP contribution < -0.4 is 4.90 Å². The summed E-state index contributed by atoms with van der Waals surface area (Å²) in [4.78, 5) is 34.2. The molecule has 9 nitrogen and oxygen atoms in total. The highest BCUT2D eigenvalue weighted by Gasteiger charge is 2.42. The first-order chi connectivity index (χ1) is 13.5. The molecule has 148 valence electrons. The van der Waals surface area contributed by atoms with Crippen LogP contribution in [0.25, 0.3) is 0 Å². The number of anilines is 1. The van der Waals surface area contributed by atoms with Gasteiger partial charge in [-0.2, -0.15) is 0 Å². The summed E-state index contributed by atoms with van der Waals surface area (Å²) in [6.45, 7) is 3.69. The number of carbonyl (C=O) groups excluding carboxylic acids is 1. The van der Waals surface area contributed by atoms with Crippen LogP contribution >= 0.6 is 0 Å². The van der Waals surface area contributed by atoms with E-state index in [-0.39, 0.29) is 5.91 Å². The molecule has 2 aliphatic rings. The molecule has 2 aliphatic heterocycles. The number of pyridine rings is 1. The molecule has 1 fully saturated rings. The fraction of sp³-hybridized carbons (Fsp3) is 0.474. The van der Waals surface area contributed by atoms with Crippen LogP contribution in [-0.2, 0) is 16.6 Å². The molecule has 2 aromatic rings. The minimum Gasteiger partial charge on any atom is -0.381 e. The van der Waals surface area contributed by atoms with E-state index in [4.69, 9.17) is 14.6 Å². The van der Waals surface area contributed by atoms with Crippen molar-refractivity contribution in [2.75, 3.05) is 31.7 Å². The maximum absolute atomic E-state index is 13.1. The first kappa shape index (κ1) is 18.6. The molecule has 0 saturated carbocycles. The lowest BCUT2D eigenvalue weighted by Gasteiger charge is -2.29. The lowest BCUT2D eigenvalue weighted by Crippen LogP contribution is -2.37. The van der Waals surface area contributed by atoms with Gasteiger partial charge in [-0.1, -0.05) is 0 Å². The fourth-order valence-corrected chi connectivity index (χ4v) is 3.58. The minimum absolute atomic E-state index is 0.139. The van der Waals surface area contributed by atoms with Gasteiger partial charge in [-0.15, -0.1) is 0 Å². The number of aliphatic imine (C=N–C) groups is 1. The standard InChI is InChI=1S/C19H24N6O3/c1-4-25(14-6-5-9-20-12-14)18(26)15-13-21-16(23(15)2)17-22-19(28-24(17)3)7-10-27-11-8-19/h5-6,9,12-13H,4,7-8,10-11H2,1-3H3. The lowest BCUT2D eigenvalue weighted by atomic mass is 10.1. The number of carbonyl (C=O) groups is 1. The Kier molecular flexibility index (Phi) is 4.86. The molecule has 1 spiro atoms. The van der Waals surface area contributed by atoms with Crippen molar-refractivity contribution < 1.29 is 14.4 Å². The van der Waals surface area contributed by atoms with Crippen molar-refractivity contribution in [3.05, 3.63) is 42.2 Å². The second kappa shape index (κ2) is 7.33. The average Bonchev–Trinajstić information content (AvgIpc) is 3.23. The van der Waals surface area contributed by atoms with Crippen molar-refractivity contribution in [3.8, 4) is 0 Å². The highest BCUT2D eigenvalue weighted by Crippen LogP contribution is 2.33. The summed E-state index contributed by atoms with van der Waals surface area (Å²) in [5.41, 5.74) is 0.631. The molecule has 0 radical (unpaired) electrons. The Labute approximate surface area is 163 Å². The van der Waals surface area contributed by atoms with Gasteiger partial charge in [0.1, 0.15) is 5.69 Å². The van der Waals surface area contributed by atoms with Gasteiger partial charge in [0.15, 0.2) is 17.4 Å². The third-order valence-electron chi connectivity index (χ3n) is 5.12. The largest absolute Gasteiger partial charge is 0.381 e. The molecule has 9 heteroatoms. The predicted octanol–water partition coefficient (Wildman–Crippen LogP) is 1.61. The SMILES string of the molecule is CCN(C(=O)c1cnc(C2=NC3(CCOCC3)ON2C)n1C)c1cccnc1. The van der Waals surface area contributed by atoms with Crippen molar-refractivity contribution >= 4 is 17.4 Å². The van der Waals surface area contributed by atoms with E-state index in [9.17, 15) is 4.79 Å². The van der Waals surface area contributed by atoms with Crippen LogP contribution in [0.2, 0.25) is 0 Å². The van der Waals surface area contributed by atoms with Gasteiger partial charge >= 0.3 is 0 Å². The van der Waals surface area contributed by atoms with Gasteiger partial charge in [0.25, 0.3) is 5.91 Å². The van der Waals surface area contributed by atoms with Crippen LogP contribution in [0.5, 0.6) is 0 Å². The van der Waals surface area contributed by atoms with E-state index in [1.165, 1.54) is 0 Å². The fourth-order valence-electron chi connectivity index (χ4n) is 3.58. The van der Waals surface area contributed by atoms with Gasteiger partial charge in [0.05, 0.1) is 31.3 Å². The van der Waals surface area contributed by atoms with E-state index in [1.54, 1.807) is 33.1 Å². The molecule has 0 atom stereocenters. The molecule has 0 N–H and O–H groups in total. The molecule has 0 unspecified atom stereocenters. The van der Waals surface area contributed by atoms with Gasteiger partial charge in [0.2, 0.25) is 0 Å². The predicted molar refractivity (Wildman–Crippen MR) is 103 cm³/mol. The van der Waals surface area contributed by atoms with Crippen LogP contribution in [0.4, 0.5) is 5.69 Å². The van der Waals surface area contributed by atoms with Crippen LogP contribution in [0.3, 0.4) is 0 Å². The minimum atomic E-state index is -0.594. The molecular weight excluding hydrogens is 360 g/mol. The molecule has 2 aromatic heterocycles. The summed E-state index contributed by atoms with van der Waals surface area (Å²) < 4.78 is 7.19. The van der Waals surface area contributed by atoms with E-state index < -0.39 is 5.72 Å². The molecule has 0 aliphatic carbocycles. The van der Waals surface area contributed by atoms with Gasteiger partial charge in [0, 0.05) is 39.7 Å². The Morgan fingerprint density at radius 1 is 1.29 bits per heavy atom. The zero-order valence-corrected chi connectivity index (χ0v) is 16.3. The molecule has 0 aromatic carbocycles. The van der Waals surface area contributed by atoms with Crippen molar-refractivity contribution in [1.29, 1.82) is 0 Å². The first-order valence-corrected chi connectivity index (χ1v) is 9.39. The number of amides is 1. The third-order valence-corrected chi connectivity index (χ3v) is 5.12. The lowest BCUT2D eigenvalue weighted by molar-refractivity contribution is -0.196. The Bertz CT molecular complexity index is 888.